The zero-order valence-electron chi connectivity index (χ0n) is 15.9. The lowest BCUT2D eigenvalue weighted by atomic mass is 9.91. The van der Waals surface area contributed by atoms with Crippen LogP contribution in [-0.2, 0) is 11.3 Å². The quantitative estimate of drug-likeness (QED) is 0.592. The first-order chi connectivity index (χ1) is 13.5. The van der Waals surface area contributed by atoms with Gasteiger partial charge in [-0.2, -0.15) is 0 Å². The molecule has 1 amide bonds. The van der Waals surface area contributed by atoms with Crippen LogP contribution in [0.15, 0.2) is 53.0 Å². The van der Waals surface area contributed by atoms with Crippen LogP contribution in [0.1, 0.15) is 37.7 Å². The highest BCUT2D eigenvalue weighted by atomic mass is 79.9. The van der Waals surface area contributed by atoms with E-state index >= 15 is 0 Å². The minimum Gasteiger partial charge on any atom is -0.508 e. The fourth-order valence-corrected chi connectivity index (χ4v) is 4.14. The Hall–Kier alpha value is -1.89. The van der Waals surface area contributed by atoms with E-state index in [1.54, 1.807) is 12.1 Å². The predicted molar refractivity (Wildman–Crippen MR) is 114 cm³/mol. The second kappa shape index (κ2) is 10.0. The van der Waals surface area contributed by atoms with E-state index < -0.39 is 0 Å². The highest BCUT2D eigenvalue weighted by molar-refractivity contribution is 9.10. The lowest BCUT2D eigenvalue weighted by Crippen LogP contribution is -2.40. The third kappa shape index (κ3) is 6.33. The number of phenols is 1. The van der Waals surface area contributed by atoms with Gasteiger partial charge in [0.15, 0.2) is 0 Å². The number of amides is 1. The molecule has 1 saturated carbocycles. The van der Waals surface area contributed by atoms with Crippen molar-refractivity contribution in [1.29, 1.82) is 0 Å². The zero-order valence-corrected chi connectivity index (χ0v) is 17.4. The summed E-state index contributed by atoms with van der Waals surface area (Å²) in [5.41, 5.74) is 1.80. The van der Waals surface area contributed by atoms with Gasteiger partial charge >= 0.3 is 0 Å². The fourth-order valence-electron chi connectivity index (χ4n) is 3.74. The van der Waals surface area contributed by atoms with E-state index in [0.29, 0.717) is 25.6 Å². The molecule has 0 heterocycles. The van der Waals surface area contributed by atoms with Gasteiger partial charge in [-0.3, -0.25) is 9.69 Å². The van der Waals surface area contributed by atoms with Crippen molar-refractivity contribution in [2.45, 2.75) is 50.8 Å². The van der Waals surface area contributed by atoms with Crippen LogP contribution in [0.2, 0.25) is 0 Å². The van der Waals surface area contributed by atoms with Crippen LogP contribution < -0.4 is 5.32 Å². The fraction of sp³-hybridized carbons (Fsp3) is 0.409. The van der Waals surface area contributed by atoms with Crippen LogP contribution in [0.3, 0.4) is 0 Å². The summed E-state index contributed by atoms with van der Waals surface area (Å²) in [7, 11) is 0. The Kier molecular flexibility index (Phi) is 7.48. The molecule has 0 bridgehead atoms. The SMILES string of the molecule is O=C(CCN(Cc1cccc(O)c1)C1CCC(O)CC1)Nc1cccc(Br)c1. The second-order valence-corrected chi connectivity index (χ2v) is 8.33. The van der Waals surface area contributed by atoms with Crippen LogP contribution in [-0.4, -0.2) is 39.7 Å². The van der Waals surface area contributed by atoms with Crippen molar-refractivity contribution in [3.8, 4) is 5.75 Å². The standard InChI is InChI=1S/C22H27BrN2O3/c23-17-4-2-5-18(14-17)24-22(28)11-12-25(19-7-9-20(26)10-8-19)15-16-3-1-6-21(27)13-16/h1-6,13-14,19-20,26-27H,7-12,15H2,(H,24,28). The molecule has 1 aliphatic carbocycles. The molecule has 150 valence electrons. The smallest absolute Gasteiger partial charge is 0.225 e. The minimum absolute atomic E-state index is 0.0187. The van der Waals surface area contributed by atoms with Gasteiger partial charge in [0.1, 0.15) is 5.75 Å². The number of hydrogen-bond acceptors (Lipinski definition) is 4. The number of benzene rings is 2. The van der Waals surface area contributed by atoms with Gasteiger partial charge in [0.05, 0.1) is 6.10 Å². The van der Waals surface area contributed by atoms with Gasteiger partial charge in [-0.25, -0.2) is 0 Å². The Bertz CT molecular complexity index is 791. The van der Waals surface area contributed by atoms with Gasteiger partial charge in [0.2, 0.25) is 5.91 Å². The van der Waals surface area contributed by atoms with E-state index in [4.69, 9.17) is 0 Å². The van der Waals surface area contributed by atoms with E-state index in [9.17, 15) is 15.0 Å². The molecule has 6 heteroatoms. The van der Waals surface area contributed by atoms with Crippen LogP contribution in [0.4, 0.5) is 5.69 Å². The summed E-state index contributed by atoms with van der Waals surface area (Å²) in [5, 5.41) is 22.5. The number of nitrogens with one attached hydrogen (secondary N) is 1. The van der Waals surface area contributed by atoms with Gasteiger partial charge in [-0.15, -0.1) is 0 Å². The Morgan fingerprint density at radius 3 is 2.57 bits per heavy atom. The molecule has 0 atom stereocenters. The molecule has 28 heavy (non-hydrogen) atoms. The van der Waals surface area contributed by atoms with Gasteiger partial charge in [-0.1, -0.05) is 34.1 Å². The highest BCUT2D eigenvalue weighted by Crippen LogP contribution is 2.25. The van der Waals surface area contributed by atoms with E-state index in [-0.39, 0.29) is 17.8 Å². The summed E-state index contributed by atoms with van der Waals surface area (Å²) < 4.78 is 0.927. The lowest BCUT2D eigenvalue weighted by molar-refractivity contribution is -0.116. The van der Waals surface area contributed by atoms with E-state index in [1.165, 1.54) is 0 Å². The number of nitrogens with zero attached hydrogens (tertiary/aromatic N) is 1. The van der Waals surface area contributed by atoms with Crippen molar-refractivity contribution < 1.29 is 15.0 Å². The molecule has 1 fully saturated rings. The first kappa shape index (κ1) is 20.8. The molecule has 1 aliphatic rings. The molecule has 2 aromatic rings. The van der Waals surface area contributed by atoms with E-state index in [1.807, 2.05) is 36.4 Å². The summed E-state index contributed by atoms with van der Waals surface area (Å²) in [5.74, 6) is 0.235. The normalized spacial score (nSPS) is 19.5. The number of phenolic OH excluding ortho intramolecular Hbond substituents is 1. The number of aliphatic hydroxyl groups excluding tert-OH is 1. The summed E-state index contributed by atoms with van der Waals surface area (Å²) in [6.45, 7) is 1.32. The maximum absolute atomic E-state index is 12.4. The number of aliphatic hydroxyl groups is 1. The topological polar surface area (TPSA) is 72.8 Å². The summed E-state index contributed by atoms with van der Waals surface area (Å²) in [6.07, 6.45) is 3.63. The van der Waals surface area contributed by atoms with Gasteiger partial charge in [0.25, 0.3) is 0 Å². The van der Waals surface area contributed by atoms with Gasteiger partial charge in [-0.05, 0) is 61.6 Å². The summed E-state index contributed by atoms with van der Waals surface area (Å²) >= 11 is 3.41. The molecular formula is C22H27BrN2O3. The van der Waals surface area contributed by atoms with Crippen LogP contribution >= 0.6 is 15.9 Å². The molecular weight excluding hydrogens is 420 g/mol. The number of halogens is 1. The van der Waals surface area contributed by atoms with Crippen molar-refractivity contribution in [1.82, 2.24) is 4.90 Å². The van der Waals surface area contributed by atoms with Gasteiger partial charge in [0, 0.05) is 35.7 Å². The Balaban J connectivity index is 1.62. The Labute approximate surface area is 174 Å². The molecule has 2 aromatic carbocycles. The highest BCUT2D eigenvalue weighted by Gasteiger charge is 2.25. The molecule has 0 aliphatic heterocycles. The summed E-state index contributed by atoms with van der Waals surface area (Å²) in [4.78, 5) is 14.7. The Morgan fingerprint density at radius 2 is 1.86 bits per heavy atom. The van der Waals surface area contributed by atoms with Crippen molar-refractivity contribution in [2.24, 2.45) is 0 Å². The monoisotopic (exact) mass is 446 g/mol. The van der Waals surface area contributed by atoms with E-state index in [0.717, 1.165) is 41.4 Å². The van der Waals surface area contributed by atoms with Crippen molar-refractivity contribution in [3.63, 3.8) is 0 Å². The number of carbonyl (C=O) groups is 1. The minimum atomic E-state index is -0.210. The van der Waals surface area contributed by atoms with Crippen LogP contribution in [0, 0.1) is 0 Å². The Morgan fingerprint density at radius 1 is 1.11 bits per heavy atom. The maximum Gasteiger partial charge on any atom is 0.225 e. The predicted octanol–water partition coefficient (Wildman–Crippen LogP) is 4.29. The van der Waals surface area contributed by atoms with E-state index in [2.05, 4.69) is 26.1 Å². The largest absolute Gasteiger partial charge is 0.508 e. The number of carbonyl (C=O) groups excluding carboxylic acids is 1. The molecule has 3 rings (SSSR count). The molecule has 5 nitrogen and oxygen atoms in total. The average Bonchev–Trinajstić information content (AvgIpc) is 2.66. The number of hydrogen-bond donors (Lipinski definition) is 3. The molecule has 0 aromatic heterocycles. The van der Waals surface area contributed by atoms with Gasteiger partial charge < -0.3 is 15.5 Å². The zero-order chi connectivity index (χ0) is 19.9. The van der Waals surface area contributed by atoms with Crippen molar-refractivity contribution in [2.75, 3.05) is 11.9 Å². The first-order valence-electron chi connectivity index (χ1n) is 9.75. The first-order valence-corrected chi connectivity index (χ1v) is 10.5. The maximum atomic E-state index is 12.4. The van der Waals surface area contributed by atoms with Crippen LogP contribution in [0.25, 0.3) is 0 Å². The third-order valence-electron chi connectivity index (χ3n) is 5.21. The molecule has 3 N–H and O–H groups in total. The van der Waals surface area contributed by atoms with Crippen molar-refractivity contribution >= 4 is 27.5 Å². The van der Waals surface area contributed by atoms with Crippen molar-refractivity contribution in [3.05, 3.63) is 58.6 Å². The lowest BCUT2D eigenvalue weighted by Gasteiger charge is -2.35. The molecule has 0 saturated heterocycles. The average molecular weight is 447 g/mol. The third-order valence-corrected chi connectivity index (χ3v) is 5.71. The molecule has 0 unspecified atom stereocenters. The number of rotatable bonds is 7. The second-order valence-electron chi connectivity index (χ2n) is 7.41. The summed E-state index contributed by atoms with van der Waals surface area (Å²) in [6, 6.07) is 15.2. The number of anilines is 1. The van der Waals surface area contributed by atoms with Crippen LogP contribution in [0.5, 0.6) is 5.75 Å². The molecule has 0 radical (unpaired) electrons. The number of aromatic hydroxyl groups is 1. The molecule has 0 spiro atoms.